The van der Waals surface area contributed by atoms with Gasteiger partial charge < -0.3 is 15.2 Å². The number of aromatic amines is 1. The highest BCUT2D eigenvalue weighted by atomic mass is 16.5. The number of aromatic nitrogens is 2. The Hall–Kier alpha value is -2.85. The Bertz CT molecular complexity index is 716. The van der Waals surface area contributed by atoms with Crippen LogP contribution in [0.5, 0.6) is 5.75 Å². The van der Waals surface area contributed by atoms with Crippen molar-refractivity contribution >= 4 is 5.95 Å². The second-order valence-corrected chi connectivity index (χ2v) is 4.13. The maximum Gasteiger partial charge on any atom is 0.270 e. The summed E-state index contributed by atoms with van der Waals surface area (Å²) in [6, 6.07) is 8.74. The molecule has 0 radical (unpaired) electrons. The van der Waals surface area contributed by atoms with Crippen molar-refractivity contribution in [2.24, 2.45) is 0 Å². The maximum atomic E-state index is 11.9. The van der Waals surface area contributed by atoms with Gasteiger partial charge in [0, 0.05) is 12.1 Å². The number of nitriles is 1. The molecule has 2 aromatic rings. The normalized spacial score (nSPS) is 9.95. The fourth-order valence-electron chi connectivity index (χ4n) is 1.79. The minimum Gasteiger partial charge on any atom is -0.497 e. The first-order valence-electron chi connectivity index (χ1n) is 6.23. The van der Waals surface area contributed by atoms with Crippen LogP contribution >= 0.6 is 0 Å². The van der Waals surface area contributed by atoms with Gasteiger partial charge in [0.2, 0.25) is 5.95 Å². The third-order valence-electron chi connectivity index (χ3n) is 2.80. The lowest BCUT2D eigenvalue weighted by atomic mass is 10.1. The van der Waals surface area contributed by atoms with E-state index in [1.165, 1.54) is 0 Å². The van der Waals surface area contributed by atoms with Gasteiger partial charge in [-0.2, -0.15) is 5.26 Å². The van der Waals surface area contributed by atoms with Crippen molar-refractivity contribution < 1.29 is 9.84 Å². The lowest BCUT2D eigenvalue weighted by molar-refractivity contribution is 0.311. The molecule has 1 aromatic heterocycles. The fraction of sp³-hybridized carbons (Fsp3) is 0.214. The van der Waals surface area contributed by atoms with Gasteiger partial charge in [-0.25, -0.2) is 4.98 Å². The second-order valence-electron chi connectivity index (χ2n) is 4.13. The first kappa shape index (κ1) is 14.6. The zero-order valence-electron chi connectivity index (χ0n) is 11.4. The number of nitrogens with one attached hydrogen (secondary N) is 2. The second kappa shape index (κ2) is 6.54. The molecule has 0 amide bonds. The number of aliphatic hydroxyl groups excluding tert-OH is 1. The van der Waals surface area contributed by atoms with Crippen LogP contribution in [0.25, 0.3) is 11.3 Å². The molecule has 0 aliphatic heterocycles. The van der Waals surface area contributed by atoms with Crippen LogP contribution in [0.15, 0.2) is 29.1 Å². The largest absolute Gasteiger partial charge is 0.497 e. The molecule has 0 atom stereocenters. The smallest absolute Gasteiger partial charge is 0.270 e. The van der Waals surface area contributed by atoms with Crippen molar-refractivity contribution in [3.8, 4) is 23.1 Å². The van der Waals surface area contributed by atoms with E-state index >= 15 is 0 Å². The van der Waals surface area contributed by atoms with Crippen molar-refractivity contribution in [2.75, 3.05) is 25.6 Å². The third kappa shape index (κ3) is 3.19. The Kier molecular flexibility index (Phi) is 4.53. The number of H-pyrrole nitrogens is 1. The average Bonchev–Trinajstić information content (AvgIpc) is 2.52. The molecule has 21 heavy (non-hydrogen) atoms. The number of nitrogens with zero attached hydrogens (tertiary/aromatic N) is 2. The summed E-state index contributed by atoms with van der Waals surface area (Å²) in [5.74, 6) is 0.875. The Labute approximate surface area is 120 Å². The van der Waals surface area contributed by atoms with Crippen LogP contribution in [0.4, 0.5) is 5.95 Å². The standard InChI is InChI=1S/C14H14N4O3/c1-21-10-4-2-9(3-5-10)12-11(8-15)13(20)18-14(17-12)16-6-7-19/h2-5,19H,6-7H2,1H3,(H2,16,17,18,20). The molecule has 0 saturated carbocycles. The van der Waals surface area contributed by atoms with Gasteiger partial charge in [-0.15, -0.1) is 0 Å². The first-order valence-corrected chi connectivity index (χ1v) is 6.23. The molecular formula is C14H14N4O3. The predicted octanol–water partition coefficient (Wildman–Crippen LogP) is 0.721. The molecule has 0 fully saturated rings. The number of anilines is 1. The lowest BCUT2D eigenvalue weighted by Gasteiger charge is -2.08. The van der Waals surface area contributed by atoms with Crippen molar-refractivity contribution in [3.63, 3.8) is 0 Å². The molecule has 7 heteroatoms. The van der Waals surface area contributed by atoms with Crippen LogP contribution in [0.1, 0.15) is 5.56 Å². The highest BCUT2D eigenvalue weighted by molar-refractivity contribution is 5.67. The number of methoxy groups -OCH3 is 1. The van der Waals surface area contributed by atoms with Crippen molar-refractivity contribution in [1.82, 2.24) is 9.97 Å². The van der Waals surface area contributed by atoms with E-state index in [0.717, 1.165) is 0 Å². The molecule has 3 N–H and O–H groups in total. The molecular weight excluding hydrogens is 272 g/mol. The van der Waals surface area contributed by atoms with Crippen LogP contribution in [0.2, 0.25) is 0 Å². The Morgan fingerprint density at radius 1 is 1.43 bits per heavy atom. The lowest BCUT2D eigenvalue weighted by Crippen LogP contribution is -2.18. The highest BCUT2D eigenvalue weighted by Crippen LogP contribution is 2.22. The molecule has 1 aromatic carbocycles. The van der Waals surface area contributed by atoms with Crippen LogP contribution in [0.3, 0.4) is 0 Å². The number of aliphatic hydroxyl groups is 1. The summed E-state index contributed by atoms with van der Waals surface area (Å²) in [6.45, 7) is 0.151. The summed E-state index contributed by atoms with van der Waals surface area (Å²) in [6.07, 6.45) is 0. The topological polar surface area (TPSA) is 111 Å². The number of hydrogen-bond donors (Lipinski definition) is 3. The van der Waals surface area contributed by atoms with Gasteiger partial charge in [0.05, 0.1) is 19.4 Å². The highest BCUT2D eigenvalue weighted by Gasteiger charge is 2.13. The monoisotopic (exact) mass is 286 g/mol. The maximum absolute atomic E-state index is 11.9. The van der Waals surface area contributed by atoms with E-state index in [0.29, 0.717) is 11.3 Å². The zero-order chi connectivity index (χ0) is 15.2. The van der Waals surface area contributed by atoms with Gasteiger partial charge in [-0.3, -0.25) is 9.78 Å². The minimum absolute atomic E-state index is 0.0604. The Morgan fingerprint density at radius 2 is 2.14 bits per heavy atom. The van der Waals surface area contributed by atoms with E-state index in [1.54, 1.807) is 31.4 Å². The molecule has 0 unspecified atom stereocenters. The summed E-state index contributed by atoms with van der Waals surface area (Å²) in [4.78, 5) is 18.6. The van der Waals surface area contributed by atoms with Crippen LogP contribution < -0.4 is 15.6 Å². The van der Waals surface area contributed by atoms with Crippen molar-refractivity contribution in [1.29, 1.82) is 5.26 Å². The van der Waals surface area contributed by atoms with Gasteiger partial charge >= 0.3 is 0 Å². The fourth-order valence-corrected chi connectivity index (χ4v) is 1.79. The van der Waals surface area contributed by atoms with Crippen LogP contribution in [0, 0.1) is 11.3 Å². The van der Waals surface area contributed by atoms with Crippen molar-refractivity contribution in [2.45, 2.75) is 0 Å². The predicted molar refractivity (Wildman–Crippen MR) is 77.1 cm³/mol. The molecule has 2 rings (SSSR count). The van der Waals surface area contributed by atoms with Gasteiger partial charge in [-0.05, 0) is 24.3 Å². The number of hydrogen-bond acceptors (Lipinski definition) is 6. The summed E-state index contributed by atoms with van der Waals surface area (Å²) in [7, 11) is 1.55. The van der Waals surface area contributed by atoms with Gasteiger partial charge in [0.25, 0.3) is 5.56 Å². The van der Waals surface area contributed by atoms with E-state index in [-0.39, 0.29) is 30.4 Å². The summed E-state index contributed by atoms with van der Waals surface area (Å²) in [5, 5.41) is 20.7. The molecule has 0 spiro atoms. The molecule has 1 heterocycles. The molecule has 0 saturated heterocycles. The summed E-state index contributed by atoms with van der Waals surface area (Å²) in [5.41, 5.74) is 0.323. The van der Waals surface area contributed by atoms with Crippen LogP contribution in [-0.4, -0.2) is 35.3 Å². The van der Waals surface area contributed by atoms with Gasteiger partial charge in [0.15, 0.2) is 0 Å². The SMILES string of the molecule is COc1ccc(-c2nc(NCCO)[nH]c(=O)c2C#N)cc1. The number of rotatable bonds is 5. The van der Waals surface area contributed by atoms with E-state index in [9.17, 15) is 4.79 Å². The van der Waals surface area contributed by atoms with Gasteiger partial charge in [-0.1, -0.05) is 0 Å². The third-order valence-corrected chi connectivity index (χ3v) is 2.80. The molecule has 108 valence electrons. The molecule has 7 nitrogen and oxygen atoms in total. The zero-order valence-corrected chi connectivity index (χ0v) is 11.4. The summed E-state index contributed by atoms with van der Waals surface area (Å²) >= 11 is 0. The molecule has 0 aliphatic carbocycles. The first-order chi connectivity index (χ1) is 10.2. The van der Waals surface area contributed by atoms with E-state index < -0.39 is 5.56 Å². The summed E-state index contributed by atoms with van der Waals surface area (Å²) < 4.78 is 5.07. The number of ether oxygens (including phenoxy) is 1. The van der Waals surface area contributed by atoms with E-state index in [2.05, 4.69) is 15.3 Å². The van der Waals surface area contributed by atoms with Crippen LogP contribution in [-0.2, 0) is 0 Å². The quantitative estimate of drug-likeness (QED) is 0.747. The average molecular weight is 286 g/mol. The Morgan fingerprint density at radius 3 is 2.71 bits per heavy atom. The van der Waals surface area contributed by atoms with Gasteiger partial charge in [0.1, 0.15) is 17.4 Å². The van der Waals surface area contributed by atoms with E-state index in [1.807, 2.05) is 6.07 Å². The number of benzene rings is 1. The van der Waals surface area contributed by atoms with Crippen molar-refractivity contribution in [3.05, 3.63) is 40.2 Å². The Balaban J connectivity index is 2.51. The minimum atomic E-state index is -0.529. The molecule has 0 aliphatic rings. The van der Waals surface area contributed by atoms with E-state index in [4.69, 9.17) is 15.1 Å². The molecule has 0 bridgehead atoms.